The highest BCUT2D eigenvalue weighted by molar-refractivity contribution is 5.79. The minimum atomic E-state index is -0.519. The SMILES string of the molecule is CC(C)[C@@H]1CC[C@@H](C)C[C@H]1C(=O)NC[C@@H](OC(=O)CN)c1ccccc1. The topological polar surface area (TPSA) is 81.4 Å². The lowest BCUT2D eigenvalue weighted by Crippen LogP contribution is -2.42. The second-order valence-electron chi connectivity index (χ2n) is 7.77. The Morgan fingerprint density at radius 2 is 1.92 bits per heavy atom. The van der Waals surface area contributed by atoms with Crippen LogP contribution in [0.15, 0.2) is 30.3 Å². The summed E-state index contributed by atoms with van der Waals surface area (Å²) in [6.45, 7) is 6.69. The minimum Gasteiger partial charge on any atom is -0.455 e. The summed E-state index contributed by atoms with van der Waals surface area (Å²) < 4.78 is 5.44. The minimum absolute atomic E-state index is 0.0281. The number of hydrogen-bond donors (Lipinski definition) is 2. The number of amides is 1. The maximum absolute atomic E-state index is 12.9. The van der Waals surface area contributed by atoms with Crippen LogP contribution in [-0.4, -0.2) is 25.0 Å². The van der Waals surface area contributed by atoms with Crippen molar-refractivity contribution in [1.82, 2.24) is 5.32 Å². The van der Waals surface area contributed by atoms with Crippen molar-refractivity contribution in [2.24, 2.45) is 29.4 Å². The van der Waals surface area contributed by atoms with E-state index in [0.717, 1.165) is 18.4 Å². The number of benzene rings is 1. The molecule has 26 heavy (non-hydrogen) atoms. The summed E-state index contributed by atoms with van der Waals surface area (Å²) in [5, 5.41) is 3.03. The predicted octanol–water partition coefficient (Wildman–Crippen LogP) is 3.05. The number of nitrogens with one attached hydrogen (secondary N) is 1. The van der Waals surface area contributed by atoms with Crippen molar-refractivity contribution >= 4 is 11.9 Å². The Balaban J connectivity index is 2.04. The lowest BCUT2D eigenvalue weighted by molar-refractivity contribution is -0.148. The molecule has 1 fully saturated rings. The molecule has 1 aliphatic rings. The molecule has 5 nitrogen and oxygen atoms in total. The van der Waals surface area contributed by atoms with E-state index in [4.69, 9.17) is 10.5 Å². The number of esters is 1. The Kier molecular flexibility index (Phi) is 7.64. The molecule has 4 atom stereocenters. The average Bonchev–Trinajstić information content (AvgIpc) is 2.64. The van der Waals surface area contributed by atoms with Gasteiger partial charge in [-0.3, -0.25) is 9.59 Å². The van der Waals surface area contributed by atoms with Gasteiger partial charge in [-0.05, 0) is 36.2 Å². The maximum Gasteiger partial charge on any atom is 0.320 e. The van der Waals surface area contributed by atoms with Gasteiger partial charge in [0.2, 0.25) is 5.91 Å². The predicted molar refractivity (Wildman–Crippen MR) is 102 cm³/mol. The standard InChI is InChI=1S/C21H32N2O3/c1-14(2)17-10-9-15(3)11-18(17)21(25)23-13-19(26-20(24)12-22)16-7-5-4-6-8-16/h4-8,14-15,17-19H,9-13,22H2,1-3H3,(H,23,25)/t15-,17+,18-,19-/m1/s1. The van der Waals surface area contributed by atoms with Crippen LogP contribution < -0.4 is 11.1 Å². The fourth-order valence-corrected chi connectivity index (χ4v) is 3.93. The van der Waals surface area contributed by atoms with Crippen molar-refractivity contribution in [1.29, 1.82) is 0 Å². The summed E-state index contributed by atoms with van der Waals surface area (Å²) in [5.74, 6) is 1.09. The highest BCUT2D eigenvalue weighted by Gasteiger charge is 2.35. The van der Waals surface area contributed by atoms with Gasteiger partial charge < -0.3 is 15.8 Å². The lowest BCUT2D eigenvalue weighted by atomic mass is 9.70. The molecule has 1 aromatic carbocycles. The first-order valence-electron chi connectivity index (χ1n) is 9.64. The number of carbonyl (C=O) groups is 2. The van der Waals surface area contributed by atoms with E-state index in [1.54, 1.807) is 0 Å². The zero-order valence-electron chi connectivity index (χ0n) is 16.1. The second kappa shape index (κ2) is 9.72. The fourth-order valence-electron chi connectivity index (χ4n) is 3.93. The molecule has 5 heteroatoms. The molecule has 0 radical (unpaired) electrons. The van der Waals surface area contributed by atoms with E-state index in [-0.39, 0.29) is 24.9 Å². The third kappa shape index (κ3) is 5.56. The summed E-state index contributed by atoms with van der Waals surface area (Å²) in [6, 6.07) is 9.46. The summed E-state index contributed by atoms with van der Waals surface area (Å²) in [7, 11) is 0. The molecular weight excluding hydrogens is 328 g/mol. The zero-order valence-corrected chi connectivity index (χ0v) is 16.1. The zero-order chi connectivity index (χ0) is 19.1. The first-order valence-corrected chi connectivity index (χ1v) is 9.64. The quantitative estimate of drug-likeness (QED) is 0.732. The van der Waals surface area contributed by atoms with Gasteiger partial charge in [-0.15, -0.1) is 0 Å². The molecule has 1 amide bonds. The maximum atomic E-state index is 12.9. The number of carbonyl (C=O) groups excluding carboxylic acids is 2. The van der Waals surface area contributed by atoms with E-state index in [9.17, 15) is 9.59 Å². The van der Waals surface area contributed by atoms with Crippen LogP contribution in [0.1, 0.15) is 51.7 Å². The number of ether oxygens (including phenoxy) is 1. The van der Waals surface area contributed by atoms with Crippen LogP contribution in [0.4, 0.5) is 0 Å². The van der Waals surface area contributed by atoms with Crippen LogP contribution in [-0.2, 0) is 14.3 Å². The first-order chi connectivity index (χ1) is 12.4. The monoisotopic (exact) mass is 360 g/mol. The van der Waals surface area contributed by atoms with E-state index in [2.05, 4.69) is 26.1 Å². The molecule has 0 spiro atoms. The van der Waals surface area contributed by atoms with E-state index in [0.29, 0.717) is 17.8 Å². The molecule has 2 rings (SSSR count). The summed E-state index contributed by atoms with van der Waals surface area (Å²) in [5.41, 5.74) is 6.23. The molecule has 1 aliphatic carbocycles. The normalized spacial score (nSPS) is 24.1. The van der Waals surface area contributed by atoms with Gasteiger partial charge in [-0.2, -0.15) is 0 Å². The van der Waals surface area contributed by atoms with Crippen molar-refractivity contribution in [3.63, 3.8) is 0 Å². The van der Waals surface area contributed by atoms with Gasteiger partial charge in [0.05, 0.1) is 13.1 Å². The third-order valence-electron chi connectivity index (χ3n) is 5.43. The van der Waals surface area contributed by atoms with Crippen LogP contribution >= 0.6 is 0 Å². The van der Waals surface area contributed by atoms with Crippen LogP contribution in [0.2, 0.25) is 0 Å². The van der Waals surface area contributed by atoms with E-state index in [1.807, 2.05) is 30.3 Å². The van der Waals surface area contributed by atoms with Crippen molar-refractivity contribution in [2.45, 2.75) is 46.1 Å². The molecule has 0 unspecified atom stereocenters. The highest BCUT2D eigenvalue weighted by atomic mass is 16.5. The largest absolute Gasteiger partial charge is 0.455 e. The Morgan fingerprint density at radius 1 is 1.23 bits per heavy atom. The highest BCUT2D eigenvalue weighted by Crippen LogP contribution is 2.38. The lowest BCUT2D eigenvalue weighted by Gasteiger charge is -2.36. The molecule has 1 aromatic rings. The molecule has 144 valence electrons. The van der Waals surface area contributed by atoms with Crippen molar-refractivity contribution < 1.29 is 14.3 Å². The molecule has 3 N–H and O–H groups in total. The number of nitrogens with two attached hydrogens (primary N) is 1. The van der Waals surface area contributed by atoms with Gasteiger partial charge in [0.15, 0.2) is 0 Å². The van der Waals surface area contributed by atoms with Crippen LogP contribution in [0.3, 0.4) is 0 Å². The molecular formula is C21H32N2O3. The van der Waals surface area contributed by atoms with Crippen molar-refractivity contribution in [3.8, 4) is 0 Å². The van der Waals surface area contributed by atoms with Crippen molar-refractivity contribution in [2.75, 3.05) is 13.1 Å². The molecule has 1 saturated carbocycles. The van der Waals surface area contributed by atoms with E-state index in [1.165, 1.54) is 6.42 Å². The van der Waals surface area contributed by atoms with Crippen molar-refractivity contribution in [3.05, 3.63) is 35.9 Å². The van der Waals surface area contributed by atoms with Crippen LogP contribution in [0, 0.1) is 23.7 Å². The van der Waals surface area contributed by atoms with Gasteiger partial charge in [-0.1, -0.05) is 57.5 Å². The summed E-state index contributed by atoms with van der Waals surface area (Å²) in [4.78, 5) is 24.5. The van der Waals surface area contributed by atoms with Gasteiger partial charge in [-0.25, -0.2) is 0 Å². The van der Waals surface area contributed by atoms with E-state index >= 15 is 0 Å². The molecule has 0 aliphatic heterocycles. The Labute approximate surface area is 156 Å². The molecule has 0 heterocycles. The number of hydrogen-bond acceptors (Lipinski definition) is 4. The van der Waals surface area contributed by atoms with Gasteiger partial charge in [0.1, 0.15) is 6.10 Å². The molecule has 0 saturated heterocycles. The van der Waals surface area contributed by atoms with Crippen LogP contribution in [0.5, 0.6) is 0 Å². The Morgan fingerprint density at radius 3 is 2.54 bits per heavy atom. The second-order valence-corrected chi connectivity index (χ2v) is 7.77. The van der Waals surface area contributed by atoms with Crippen LogP contribution in [0.25, 0.3) is 0 Å². The smallest absolute Gasteiger partial charge is 0.320 e. The number of rotatable bonds is 7. The van der Waals surface area contributed by atoms with E-state index < -0.39 is 12.1 Å². The van der Waals surface area contributed by atoms with Gasteiger partial charge >= 0.3 is 5.97 Å². The fraction of sp³-hybridized carbons (Fsp3) is 0.619. The molecule has 0 aromatic heterocycles. The van der Waals surface area contributed by atoms with Gasteiger partial charge in [0.25, 0.3) is 0 Å². The third-order valence-corrected chi connectivity index (χ3v) is 5.43. The Bertz CT molecular complexity index is 588. The Hall–Kier alpha value is -1.88. The molecule has 0 bridgehead atoms. The van der Waals surface area contributed by atoms with Gasteiger partial charge in [0, 0.05) is 5.92 Å². The first kappa shape index (κ1) is 20.4. The summed E-state index contributed by atoms with van der Waals surface area (Å²) >= 11 is 0. The average molecular weight is 360 g/mol. The summed E-state index contributed by atoms with van der Waals surface area (Å²) in [6.07, 6.45) is 2.69.